The molecule has 1 aromatic rings. The lowest BCUT2D eigenvalue weighted by Gasteiger charge is -2.12. The van der Waals surface area contributed by atoms with Crippen molar-refractivity contribution in [3.05, 3.63) is 29.8 Å². The summed E-state index contributed by atoms with van der Waals surface area (Å²) in [5.74, 6) is 1.21. The molecule has 0 aliphatic heterocycles. The molecule has 0 atom stereocenters. The van der Waals surface area contributed by atoms with Gasteiger partial charge in [-0.3, -0.25) is 0 Å². The second kappa shape index (κ2) is 15.1. The van der Waals surface area contributed by atoms with Crippen LogP contribution in [0.1, 0.15) is 77.7 Å². The lowest BCUT2D eigenvalue weighted by Crippen LogP contribution is -2.02. The minimum atomic E-state index is -0.345. The van der Waals surface area contributed by atoms with Crippen LogP contribution in [0.3, 0.4) is 0 Å². The van der Waals surface area contributed by atoms with Gasteiger partial charge in [0.05, 0.1) is 19.8 Å². The zero-order chi connectivity index (χ0) is 19.7. The molecule has 0 saturated heterocycles. The van der Waals surface area contributed by atoms with Crippen molar-refractivity contribution in [1.82, 2.24) is 0 Å². The third-order valence-corrected chi connectivity index (χ3v) is 4.19. The van der Waals surface area contributed by atoms with Crippen molar-refractivity contribution in [1.29, 1.82) is 0 Å². The highest BCUT2D eigenvalue weighted by molar-refractivity contribution is 5.87. The summed E-state index contributed by atoms with van der Waals surface area (Å²) in [7, 11) is 0. The van der Waals surface area contributed by atoms with E-state index in [0.29, 0.717) is 19.8 Å². The molecule has 0 bridgehead atoms. The molecule has 27 heavy (non-hydrogen) atoms. The van der Waals surface area contributed by atoms with Crippen LogP contribution in [0.15, 0.2) is 24.3 Å². The highest BCUT2D eigenvalue weighted by Gasteiger charge is 2.06. The molecule has 1 aromatic carbocycles. The zero-order valence-electron chi connectivity index (χ0n) is 17.3. The molecule has 0 N–H and O–H groups in total. The maximum atomic E-state index is 11.6. The smallest absolute Gasteiger partial charge is 0.330 e. The van der Waals surface area contributed by atoms with Gasteiger partial charge in [0.25, 0.3) is 0 Å². The fraction of sp³-hybridized carbons (Fsp3) is 0.609. The van der Waals surface area contributed by atoms with Gasteiger partial charge in [0.2, 0.25) is 0 Å². The lowest BCUT2D eigenvalue weighted by molar-refractivity contribution is -0.137. The molecular formula is C23H36O4. The van der Waals surface area contributed by atoms with E-state index in [1.807, 2.05) is 18.2 Å². The molecule has 0 saturated carbocycles. The van der Waals surface area contributed by atoms with Crippen molar-refractivity contribution in [3.63, 3.8) is 0 Å². The fourth-order valence-corrected chi connectivity index (χ4v) is 2.65. The number of esters is 1. The third-order valence-electron chi connectivity index (χ3n) is 4.19. The SMILES string of the molecule is CCCCCCOc1ccc(C=CC(=O)OCC)c(OCCCCCC)c1. The van der Waals surface area contributed by atoms with E-state index in [1.54, 1.807) is 13.0 Å². The number of carbonyl (C=O) groups is 1. The monoisotopic (exact) mass is 376 g/mol. The lowest BCUT2D eigenvalue weighted by atomic mass is 10.1. The first-order valence-corrected chi connectivity index (χ1v) is 10.5. The van der Waals surface area contributed by atoms with Gasteiger partial charge in [-0.15, -0.1) is 0 Å². The van der Waals surface area contributed by atoms with Gasteiger partial charge < -0.3 is 14.2 Å². The second-order valence-electron chi connectivity index (χ2n) is 6.60. The predicted octanol–water partition coefficient (Wildman–Crippen LogP) is 6.18. The van der Waals surface area contributed by atoms with E-state index in [1.165, 1.54) is 38.2 Å². The number of hydrogen-bond acceptors (Lipinski definition) is 4. The Hall–Kier alpha value is -1.97. The van der Waals surface area contributed by atoms with Crippen LogP contribution in [-0.4, -0.2) is 25.8 Å². The Balaban J connectivity index is 2.70. The van der Waals surface area contributed by atoms with Crippen molar-refractivity contribution in [2.24, 2.45) is 0 Å². The van der Waals surface area contributed by atoms with Crippen LogP contribution < -0.4 is 9.47 Å². The second-order valence-corrected chi connectivity index (χ2v) is 6.60. The molecule has 0 heterocycles. The van der Waals surface area contributed by atoms with E-state index in [-0.39, 0.29) is 5.97 Å². The van der Waals surface area contributed by atoms with E-state index >= 15 is 0 Å². The molecule has 4 heteroatoms. The highest BCUT2D eigenvalue weighted by atomic mass is 16.5. The summed E-state index contributed by atoms with van der Waals surface area (Å²) in [6, 6.07) is 5.78. The number of ether oxygens (including phenoxy) is 3. The van der Waals surface area contributed by atoms with Crippen LogP contribution in [0.25, 0.3) is 6.08 Å². The molecule has 4 nitrogen and oxygen atoms in total. The molecule has 0 fully saturated rings. The molecule has 0 radical (unpaired) electrons. The van der Waals surface area contributed by atoms with Gasteiger partial charge in [0.1, 0.15) is 11.5 Å². The molecule has 0 aliphatic rings. The Morgan fingerprint density at radius 1 is 0.889 bits per heavy atom. The quantitative estimate of drug-likeness (QED) is 0.208. The Kier molecular flexibility index (Phi) is 12.9. The molecule has 152 valence electrons. The van der Waals surface area contributed by atoms with Gasteiger partial charge in [-0.2, -0.15) is 0 Å². The minimum absolute atomic E-state index is 0.345. The van der Waals surface area contributed by atoms with Gasteiger partial charge >= 0.3 is 5.97 Å². The van der Waals surface area contributed by atoms with Crippen molar-refractivity contribution in [3.8, 4) is 11.5 Å². The predicted molar refractivity (Wildman–Crippen MR) is 111 cm³/mol. The van der Waals surface area contributed by atoms with Crippen LogP contribution in [0.5, 0.6) is 11.5 Å². The number of rotatable bonds is 15. The third kappa shape index (κ3) is 10.7. The average molecular weight is 377 g/mol. The molecule has 0 aromatic heterocycles. The van der Waals surface area contributed by atoms with E-state index < -0.39 is 0 Å². The number of hydrogen-bond donors (Lipinski definition) is 0. The summed E-state index contributed by atoms with van der Waals surface area (Å²) >= 11 is 0. The van der Waals surface area contributed by atoms with Gasteiger partial charge in [-0.25, -0.2) is 4.79 Å². The van der Waals surface area contributed by atoms with Crippen LogP contribution in [0.4, 0.5) is 0 Å². The van der Waals surface area contributed by atoms with E-state index in [2.05, 4.69) is 13.8 Å². The molecule has 1 rings (SSSR count). The van der Waals surface area contributed by atoms with Gasteiger partial charge in [-0.05, 0) is 38.0 Å². The van der Waals surface area contributed by atoms with E-state index in [4.69, 9.17) is 14.2 Å². The summed E-state index contributed by atoms with van der Waals surface area (Å²) in [6.45, 7) is 7.94. The number of unbranched alkanes of at least 4 members (excludes halogenated alkanes) is 6. The molecule has 0 unspecified atom stereocenters. The maximum Gasteiger partial charge on any atom is 0.330 e. The Bertz CT molecular complexity index is 551. The summed E-state index contributed by atoms with van der Waals surface area (Å²) in [5, 5.41) is 0. The number of benzene rings is 1. The first-order chi connectivity index (χ1) is 13.2. The van der Waals surface area contributed by atoms with Crippen LogP contribution in [-0.2, 0) is 9.53 Å². The largest absolute Gasteiger partial charge is 0.493 e. The molecule has 0 aliphatic carbocycles. The fourth-order valence-electron chi connectivity index (χ4n) is 2.65. The van der Waals surface area contributed by atoms with Gasteiger partial charge in [0, 0.05) is 17.7 Å². The van der Waals surface area contributed by atoms with Crippen LogP contribution in [0, 0.1) is 0 Å². The molecular weight excluding hydrogens is 340 g/mol. The summed E-state index contributed by atoms with van der Waals surface area (Å²) in [6.07, 6.45) is 12.5. The molecule has 0 amide bonds. The average Bonchev–Trinajstić information content (AvgIpc) is 2.67. The first kappa shape index (κ1) is 23.1. The maximum absolute atomic E-state index is 11.6. The summed E-state index contributed by atoms with van der Waals surface area (Å²) < 4.78 is 16.8. The van der Waals surface area contributed by atoms with Crippen molar-refractivity contribution in [2.75, 3.05) is 19.8 Å². The standard InChI is InChI=1S/C23H36O4/c1-4-7-9-11-17-26-21-15-13-20(14-16-23(24)25-6-3)22(19-21)27-18-12-10-8-5-2/h13-16,19H,4-12,17-18H2,1-3H3. The van der Waals surface area contributed by atoms with Crippen molar-refractivity contribution < 1.29 is 19.0 Å². The highest BCUT2D eigenvalue weighted by Crippen LogP contribution is 2.27. The van der Waals surface area contributed by atoms with Gasteiger partial charge in [-0.1, -0.05) is 52.4 Å². The Labute approximate surface area is 164 Å². The first-order valence-electron chi connectivity index (χ1n) is 10.5. The zero-order valence-corrected chi connectivity index (χ0v) is 17.3. The Morgan fingerprint density at radius 3 is 2.19 bits per heavy atom. The summed E-state index contributed by atoms with van der Waals surface area (Å²) in [5.41, 5.74) is 0.858. The van der Waals surface area contributed by atoms with Crippen molar-refractivity contribution in [2.45, 2.75) is 72.1 Å². The summed E-state index contributed by atoms with van der Waals surface area (Å²) in [4.78, 5) is 11.6. The van der Waals surface area contributed by atoms with Crippen LogP contribution in [0.2, 0.25) is 0 Å². The number of carbonyl (C=O) groups excluding carboxylic acids is 1. The van der Waals surface area contributed by atoms with Crippen molar-refractivity contribution >= 4 is 12.0 Å². The minimum Gasteiger partial charge on any atom is -0.493 e. The topological polar surface area (TPSA) is 44.8 Å². The van der Waals surface area contributed by atoms with E-state index in [0.717, 1.165) is 36.3 Å². The van der Waals surface area contributed by atoms with Gasteiger partial charge in [0.15, 0.2) is 0 Å². The molecule has 0 spiro atoms. The Morgan fingerprint density at radius 2 is 1.56 bits per heavy atom. The normalized spacial score (nSPS) is 10.9. The van der Waals surface area contributed by atoms with Crippen LogP contribution >= 0.6 is 0 Å². The van der Waals surface area contributed by atoms with E-state index in [9.17, 15) is 4.79 Å².